The summed E-state index contributed by atoms with van der Waals surface area (Å²) in [7, 11) is -0.743. The van der Waals surface area contributed by atoms with E-state index in [0.717, 1.165) is 6.42 Å². The van der Waals surface area contributed by atoms with Crippen LogP contribution in [-0.2, 0) is 4.57 Å². The van der Waals surface area contributed by atoms with E-state index >= 15 is 0 Å². The average Bonchev–Trinajstić information content (AvgIpc) is 2.35. The van der Waals surface area contributed by atoms with Crippen LogP contribution in [0, 0.1) is 0 Å². The summed E-state index contributed by atoms with van der Waals surface area (Å²) in [5, 5.41) is 0. The van der Waals surface area contributed by atoms with E-state index in [1.807, 2.05) is 13.8 Å². The third-order valence-corrected chi connectivity index (χ3v) is 4.66. The average molecular weight is 240 g/mol. The lowest BCUT2D eigenvalue weighted by atomic mass is 10.2. The Morgan fingerprint density at radius 3 is 2.62 bits per heavy atom. The molecule has 1 aromatic rings. The highest BCUT2D eigenvalue weighted by atomic mass is 31.1. The Bertz CT molecular complexity index is 401. The van der Waals surface area contributed by atoms with Crippen molar-refractivity contribution in [3.63, 3.8) is 0 Å². The molecule has 0 aliphatic heterocycles. The molecule has 2 unspecified atom stereocenters. The van der Waals surface area contributed by atoms with Crippen molar-refractivity contribution in [1.29, 1.82) is 0 Å². The van der Waals surface area contributed by atoms with E-state index in [-0.39, 0.29) is 11.2 Å². The number of benzene rings is 1. The van der Waals surface area contributed by atoms with Gasteiger partial charge in [-0.3, -0.25) is 4.79 Å². The van der Waals surface area contributed by atoms with Gasteiger partial charge in [0.05, 0.1) is 12.7 Å². The zero-order valence-electron chi connectivity index (χ0n) is 9.82. The first-order chi connectivity index (χ1) is 7.61. The number of hydrogen-bond donors (Lipinski definition) is 0. The summed E-state index contributed by atoms with van der Waals surface area (Å²) in [6, 6.07) is 6.91. The van der Waals surface area contributed by atoms with Gasteiger partial charge >= 0.3 is 0 Å². The lowest BCUT2D eigenvalue weighted by Gasteiger charge is -2.10. The fourth-order valence-electron chi connectivity index (χ4n) is 1.37. The summed E-state index contributed by atoms with van der Waals surface area (Å²) < 4.78 is 17.0. The molecule has 0 aliphatic rings. The van der Waals surface area contributed by atoms with E-state index in [9.17, 15) is 9.36 Å². The van der Waals surface area contributed by atoms with E-state index in [1.54, 1.807) is 24.3 Å². The maximum absolute atomic E-state index is 12.0. The molecule has 0 aliphatic carbocycles. The predicted octanol–water partition coefficient (Wildman–Crippen LogP) is 3.19. The quantitative estimate of drug-likeness (QED) is 0.742. The molecular formula is C12H17O3P. The molecule has 0 bridgehead atoms. The van der Waals surface area contributed by atoms with Gasteiger partial charge in [0.25, 0.3) is 0 Å². The number of carbonyl (C=O) groups excluding carboxylic acids is 1. The highest BCUT2D eigenvalue weighted by Gasteiger charge is 2.21. The molecule has 0 spiro atoms. The molecule has 0 fully saturated rings. The van der Waals surface area contributed by atoms with Gasteiger partial charge in [-0.05, 0) is 18.6 Å². The Morgan fingerprint density at radius 2 is 2.06 bits per heavy atom. The van der Waals surface area contributed by atoms with Gasteiger partial charge in [0.1, 0.15) is 13.6 Å². The van der Waals surface area contributed by atoms with Gasteiger partial charge in [0.15, 0.2) is 0 Å². The first-order valence-electron chi connectivity index (χ1n) is 5.33. The van der Waals surface area contributed by atoms with E-state index in [4.69, 9.17) is 4.74 Å². The molecule has 3 nitrogen and oxygen atoms in total. The van der Waals surface area contributed by atoms with Gasteiger partial charge in [0.2, 0.25) is 5.52 Å². The Kier molecular flexibility index (Phi) is 4.75. The summed E-state index contributed by atoms with van der Waals surface area (Å²) in [5.74, 6) is 0.495. The van der Waals surface area contributed by atoms with Gasteiger partial charge in [0, 0.05) is 5.66 Å². The maximum atomic E-state index is 12.0. The summed E-state index contributed by atoms with van der Waals surface area (Å²) in [4.78, 5) is 12.0. The van der Waals surface area contributed by atoms with Gasteiger partial charge in [-0.25, -0.2) is 0 Å². The van der Waals surface area contributed by atoms with Gasteiger partial charge in [-0.15, -0.1) is 0 Å². The molecule has 0 amide bonds. The highest BCUT2D eigenvalue weighted by molar-refractivity contribution is 7.65. The molecule has 0 aromatic heterocycles. The number of rotatable bonds is 5. The fourth-order valence-corrected chi connectivity index (χ4v) is 2.66. The molecule has 16 heavy (non-hydrogen) atoms. The second kappa shape index (κ2) is 5.86. The van der Waals surface area contributed by atoms with Gasteiger partial charge in [-0.1, -0.05) is 26.0 Å². The van der Waals surface area contributed by atoms with Crippen molar-refractivity contribution in [2.75, 3.05) is 7.11 Å². The molecule has 0 saturated heterocycles. The smallest absolute Gasteiger partial charge is 0.222 e. The fraction of sp³-hybridized carbons (Fsp3) is 0.417. The highest BCUT2D eigenvalue weighted by Crippen LogP contribution is 2.36. The van der Waals surface area contributed by atoms with Gasteiger partial charge in [-0.2, -0.15) is 0 Å². The molecule has 88 valence electrons. The lowest BCUT2D eigenvalue weighted by molar-refractivity contribution is 0.107. The minimum absolute atomic E-state index is 0.0533. The van der Waals surface area contributed by atoms with Crippen molar-refractivity contribution in [2.45, 2.75) is 25.9 Å². The van der Waals surface area contributed by atoms with Crippen molar-refractivity contribution in [3.05, 3.63) is 29.8 Å². The molecule has 1 rings (SSSR count). The minimum atomic E-state index is -2.25. The Morgan fingerprint density at radius 1 is 1.44 bits per heavy atom. The molecule has 0 heterocycles. The van der Waals surface area contributed by atoms with Crippen LogP contribution in [0.2, 0.25) is 0 Å². The normalized spacial score (nSPS) is 14.2. The molecule has 0 N–H and O–H groups in total. The number of carbonyl (C=O) groups is 1. The minimum Gasteiger partial charge on any atom is -0.496 e. The standard InChI is InChI=1S/C12H17O3P/c1-4-9(2)16(14)12(13)10-7-5-6-8-11(10)15-3/h5-9,16H,4H2,1-3H3. The van der Waals surface area contributed by atoms with E-state index in [1.165, 1.54) is 7.11 Å². The first kappa shape index (κ1) is 13.0. The van der Waals surface area contributed by atoms with E-state index < -0.39 is 7.80 Å². The number of hydrogen-bond acceptors (Lipinski definition) is 3. The largest absolute Gasteiger partial charge is 0.496 e. The van der Waals surface area contributed by atoms with Crippen LogP contribution in [0.5, 0.6) is 5.75 Å². The summed E-state index contributed by atoms with van der Waals surface area (Å²) in [6.07, 6.45) is 0.749. The molecule has 4 heteroatoms. The van der Waals surface area contributed by atoms with Gasteiger partial charge < -0.3 is 9.30 Å². The second-order valence-electron chi connectivity index (χ2n) is 3.70. The third kappa shape index (κ3) is 2.73. The Labute approximate surface area is 96.6 Å². The van der Waals surface area contributed by atoms with Crippen molar-refractivity contribution < 1.29 is 14.1 Å². The first-order valence-corrected chi connectivity index (χ1v) is 6.81. The summed E-state index contributed by atoms with van der Waals surface area (Å²) in [5.41, 5.74) is 0.0911. The zero-order valence-corrected chi connectivity index (χ0v) is 10.8. The molecule has 0 saturated carbocycles. The van der Waals surface area contributed by atoms with Crippen LogP contribution in [0.4, 0.5) is 0 Å². The maximum Gasteiger partial charge on any atom is 0.222 e. The summed E-state index contributed by atoms with van der Waals surface area (Å²) >= 11 is 0. The van der Waals surface area contributed by atoms with Crippen LogP contribution < -0.4 is 4.74 Å². The molecule has 0 radical (unpaired) electrons. The van der Waals surface area contributed by atoms with Crippen LogP contribution in [-0.4, -0.2) is 18.3 Å². The predicted molar refractivity (Wildman–Crippen MR) is 66.1 cm³/mol. The lowest BCUT2D eigenvalue weighted by Crippen LogP contribution is -2.03. The monoisotopic (exact) mass is 240 g/mol. The van der Waals surface area contributed by atoms with Crippen molar-refractivity contribution >= 4 is 13.3 Å². The van der Waals surface area contributed by atoms with Crippen LogP contribution in [0.3, 0.4) is 0 Å². The number of methoxy groups -OCH3 is 1. The second-order valence-corrected chi connectivity index (χ2v) is 5.87. The number of para-hydroxylation sites is 1. The SMILES string of the molecule is CCC(C)[PH](=O)C(=O)c1ccccc1OC. The van der Waals surface area contributed by atoms with Crippen LogP contribution in [0.25, 0.3) is 0 Å². The number of ether oxygens (including phenoxy) is 1. The molecular weight excluding hydrogens is 223 g/mol. The zero-order chi connectivity index (χ0) is 12.1. The topological polar surface area (TPSA) is 43.4 Å². The Hall–Kier alpha value is -1.08. The van der Waals surface area contributed by atoms with Crippen molar-refractivity contribution in [1.82, 2.24) is 0 Å². The van der Waals surface area contributed by atoms with Crippen molar-refractivity contribution in [2.24, 2.45) is 0 Å². The van der Waals surface area contributed by atoms with Crippen LogP contribution in [0.1, 0.15) is 30.6 Å². The molecule has 1 aromatic carbocycles. The third-order valence-electron chi connectivity index (χ3n) is 2.64. The van der Waals surface area contributed by atoms with E-state index in [2.05, 4.69) is 0 Å². The van der Waals surface area contributed by atoms with E-state index in [0.29, 0.717) is 11.3 Å². The van der Waals surface area contributed by atoms with Crippen LogP contribution in [0.15, 0.2) is 24.3 Å². The summed E-state index contributed by atoms with van der Waals surface area (Å²) in [6.45, 7) is 3.78. The van der Waals surface area contributed by atoms with Crippen molar-refractivity contribution in [3.8, 4) is 5.75 Å². The van der Waals surface area contributed by atoms with Crippen LogP contribution >= 0.6 is 7.80 Å². The molecule has 2 atom stereocenters. The Balaban J connectivity index is 3.00.